The number of phenolic OH excluding ortho intramolecular Hbond substituents is 2. The quantitative estimate of drug-likeness (QED) is 0.734. The van der Waals surface area contributed by atoms with E-state index in [1.54, 1.807) is 0 Å². The monoisotopic (exact) mass is 243 g/mol. The summed E-state index contributed by atoms with van der Waals surface area (Å²) in [5.74, 6) is -0.874. The molecule has 18 heavy (non-hydrogen) atoms. The molecular formula is C13H13N3O2. The van der Waals surface area contributed by atoms with Crippen molar-refractivity contribution in [1.82, 2.24) is 0 Å². The zero-order valence-electron chi connectivity index (χ0n) is 9.85. The predicted octanol–water partition coefficient (Wildman–Crippen LogP) is 1.83. The van der Waals surface area contributed by atoms with Crippen LogP contribution < -0.4 is 4.90 Å². The molecule has 0 spiro atoms. The lowest BCUT2D eigenvalue weighted by molar-refractivity contribution is 0.402. The molecule has 0 aliphatic carbocycles. The fourth-order valence-electron chi connectivity index (χ4n) is 2.29. The van der Waals surface area contributed by atoms with Crippen LogP contribution in [0.25, 0.3) is 0 Å². The Hall–Kier alpha value is -2.40. The van der Waals surface area contributed by atoms with Crippen molar-refractivity contribution in [2.45, 2.75) is 19.3 Å². The van der Waals surface area contributed by atoms with Crippen LogP contribution in [0.3, 0.4) is 0 Å². The summed E-state index contributed by atoms with van der Waals surface area (Å²) in [6.45, 7) is 1.52. The first-order valence-corrected chi connectivity index (χ1v) is 5.83. The molecule has 0 radical (unpaired) electrons. The first-order valence-electron chi connectivity index (χ1n) is 5.83. The second-order valence-electron chi connectivity index (χ2n) is 4.29. The Balaban J connectivity index is 2.60. The Kier molecular flexibility index (Phi) is 3.25. The van der Waals surface area contributed by atoms with Crippen molar-refractivity contribution in [2.75, 3.05) is 18.0 Å². The van der Waals surface area contributed by atoms with E-state index in [2.05, 4.69) is 0 Å². The van der Waals surface area contributed by atoms with Gasteiger partial charge in [-0.25, -0.2) is 0 Å². The SMILES string of the molecule is N#Cc1cc(O)c(O)c(C#N)c1N1CCCCC1. The fourth-order valence-corrected chi connectivity index (χ4v) is 2.29. The number of nitriles is 2. The molecule has 92 valence electrons. The number of rotatable bonds is 1. The Morgan fingerprint density at radius 2 is 1.72 bits per heavy atom. The zero-order valence-corrected chi connectivity index (χ0v) is 9.85. The third kappa shape index (κ3) is 1.91. The van der Waals surface area contributed by atoms with Gasteiger partial charge in [-0.1, -0.05) is 0 Å². The van der Waals surface area contributed by atoms with E-state index in [-0.39, 0.29) is 11.1 Å². The number of hydrogen-bond acceptors (Lipinski definition) is 5. The highest BCUT2D eigenvalue weighted by atomic mass is 16.3. The number of benzene rings is 1. The van der Waals surface area contributed by atoms with Crippen molar-refractivity contribution >= 4 is 5.69 Å². The standard InChI is InChI=1S/C13H13N3O2/c14-7-9-6-11(17)13(18)10(8-15)12(9)16-4-2-1-3-5-16/h6,17-18H,1-5H2. The highest BCUT2D eigenvalue weighted by Gasteiger charge is 2.23. The van der Waals surface area contributed by atoms with Gasteiger partial charge in [0.05, 0.1) is 11.3 Å². The first-order chi connectivity index (χ1) is 8.69. The molecule has 1 saturated heterocycles. The van der Waals surface area contributed by atoms with Gasteiger partial charge < -0.3 is 15.1 Å². The maximum Gasteiger partial charge on any atom is 0.177 e. The summed E-state index contributed by atoms with van der Waals surface area (Å²) in [6.07, 6.45) is 3.12. The molecular weight excluding hydrogens is 230 g/mol. The molecule has 2 rings (SSSR count). The van der Waals surface area contributed by atoms with E-state index < -0.39 is 11.5 Å². The van der Waals surface area contributed by atoms with E-state index in [9.17, 15) is 10.2 Å². The Morgan fingerprint density at radius 3 is 2.28 bits per heavy atom. The van der Waals surface area contributed by atoms with Crippen molar-refractivity contribution in [3.8, 4) is 23.6 Å². The van der Waals surface area contributed by atoms with Gasteiger partial charge in [0.15, 0.2) is 11.5 Å². The lowest BCUT2D eigenvalue weighted by atomic mass is 10.0. The Labute approximate surface area is 105 Å². The summed E-state index contributed by atoms with van der Waals surface area (Å²) in [7, 11) is 0. The van der Waals surface area contributed by atoms with E-state index >= 15 is 0 Å². The number of piperidine rings is 1. The second-order valence-corrected chi connectivity index (χ2v) is 4.29. The molecule has 1 fully saturated rings. The van der Waals surface area contributed by atoms with Gasteiger partial charge in [0.2, 0.25) is 0 Å². The average Bonchev–Trinajstić information content (AvgIpc) is 2.42. The number of anilines is 1. The van der Waals surface area contributed by atoms with Crippen molar-refractivity contribution in [3.63, 3.8) is 0 Å². The van der Waals surface area contributed by atoms with Crippen LogP contribution in [0.2, 0.25) is 0 Å². The van der Waals surface area contributed by atoms with E-state index in [0.717, 1.165) is 32.4 Å². The van der Waals surface area contributed by atoms with Crippen molar-refractivity contribution in [3.05, 3.63) is 17.2 Å². The number of hydrogen-bond donors (Lipinski definition) is 2. The lowest BCUT2D eigenvalue weighted by Crippen LogP contribution is -2.30. The van der Waals surface area contributed by atoms with Crippen LogP contribution in [-0.4, -0.2) is 23.3 Å². The van der Waals surface area contributed by atoms with Crippen LogP contribution in [-0.2, 0) is 0 Å². The highest BCUT2D eigenvalue weighted by Crippen LogP contribution is 2.39. The molecule has 1 aliphatic heterocycles. The normalized spacial score (nSPS) is 14.9. The molecule has 0 saturated carbocycles. The minimum Gasteiger partial charge on any atom is -0.504 e. The molecule has 0 aromatic heterocycles. The van der Waals surface area contributed by atoms with Gasteiger partial charge in [0.1, 0.15) is 17.7 Å². The van der Waals surface area contributed by atoms with Crippen LogP contribution in [0, 0.1) is 22.7 Å². The molecule has 0 atom stereocenters. The summed E-state index contributed by atoms with van der Waals surface area (Å²) in [6, 6.07) is 5.05. The van der Waals surface area contributed by atoms with E-state index in [1.165, 1.54) is 6.07 Å². The molecule has 0 bridgehead atoms. The molecule has 1 aliphatic rings. The molecule has 0 unspecified atom stereocenters. The smallest absolute Gasteiger partial charge is 0.177 e. The maximum absolute atomic E-state index is 9.72. The van der Waals surface area contributed by atoms with Crippen LogP contribution >= 0.6 is 0 Å². The minimum absolute atomic E-state index is 0.0200. The van der Waals surface area contributed by atoms with Crippen LogP contribution in [0.15, 0.2) is 6.07 Å². The highest BCUT2D eigenvalue weighted by molar-refractivity contribution is 5.75. The van der Waals surface area contributed by atoms with E-state index in [4.69, 9.17) is 10.5 Å². The van der Waals surface area contributed by atoms with Crippen molar-refractivity contribution in [1.29, 1.82) is 10.5 Å². The molecule has 1 heterocycles. The predicted molar refractivity (Wildman–Crippen MR) is 65.3 cm³/mol. The lowest BCUT2D eigenvalue weighted by Gasteiger charge is -2.30. The summed E-state index contributed by atoms with van der Waals surface area (Å²) in [5, 5.41) is 37.4. The molecule has 0 amide bonds. The summed E-state index contributed by atoms with van der Waals surface area (Å²) in [4.78, 5) is 1.93. The number of nitrogens with zero attached hydrogens (tertiary/aromatic N) is 3. The van der Waals surface area contributed by atoms with Gasteiger partial charge in [0, 0.05) is 19.2 Å². The summed E-state index contributed by atoms with van der Waals surface area (Å²) >= 11 is 0. The third-order valence-corrected chi connectivity index (χ3v) is 3.16. The van der Waals surface area contributed by atoms with Gasteiger partial charge >= 0.3 is 0 Å². The fraction of sp³-hybridized carbons (Fsp3) is 0.385. The average molecular weight is 243 g/mol. The largest absolute Gasteiger partial charge is 0.504 e. The van der Waals surface area contributed by atoms with Gasteiger partial charge in [-0.15, -0.1) is 0 Å². The van der Waals surface area contributed by atoms with Gasteiger partial charge in [-0.05, 0) is 19.3 Å². The number of aromatic hydroxyl groups is 2. The van der Waals surface area contributed by atoms with Crippen LogP contribution in [0.5, 0.6) is 11.5 Å². The van der Waals surface area contributed by atoms with Gasteiger partial charge in [0.25, 0.3) is 0 Å². The van der Waals surface area contributed by atoms with Gasteiger partial charge in [-0.2, -0.15) is 10.5 Å². The van der Waals surface area contributed by atoms with Gasteiger partial charge in [-0.3, -0.25) is 0 Å². The van der Waals surface area contributed by atoms with E-state index in [1.807, 2.05) is 17.0 Å². The summed E-state index contributed by atoms with van der Waals surface area (Å²) in [5.41, 5.74) is 0.646. The second kappa shape index (κ2) is 4.85. The first kappa shape index (κ1) is 12.1. The van der Waals surface area contributed by atoms with Crippen molar-refractivity contribution in [2.24, 2.45) is 0 Å². The van der Waals surface area contributed by atoms with E-state index in [0.29, 0.717) is 5.69 Å². The Bertz CT molecular complexity index is 549. The molecule has 1 aromatic rings. The third-order valence-electron chi connectivity index (χ3n) is 3.16. The maximum atomic E-state index is 9.72. The zero-order chi connectivity index (χ0) is 13.1. The molecule has 5 heteroatoms. The number of phenols is 2. The molecule has 2 N–H and O–H groups in total. The van der Waals surface area contributed by atoms with Crippen LogP contribution in [0.4, 0.5) is 5.69 Å². The Morgan fingerprint density at radius 1 is 1.06 bits per heavy atom. The summed E-state index contributed by atoms with van der Waals surface area (Å²) < 4.78 is 0. The van der Waals surface area contributed by atoms with Crippen molar-refractivity contribution < 1.29 is 10.2 Å². The topological polar surface area (TPSA) is 91.3 Å². The molecule has 5 nitrogen and oxygen atoms in total. The minimum atomic E-state index is -0.447. The molecule has 1 aromatic carbocycles. The van der Waals surface area contributed by atoms with Crippen LogP contribution in [0.1, 0.15) is 30.4 Å².